The van der Waals surface area contributed by atoms with Gasteiger partial charge in [0.15, 0.2) is 6.10 Å². The lowest BCUT2D eigenvalue weighted by Gasteiger charge is -2.18. The Morgan fingerprint density at radius 1 is 0.764 bits per heavy atom. The van der Waals surface area contributed by atoms with Gasteiger partial charge in [-0.15, -0.1) is 0 Å². The highest BCUT2D eigenvalue weighted by Crippen LogP contribution is 2.36. The van der Waals surface area contributed by atoms with Gasteiger partial charge >= 0.3 is 19.8 Å². The normalized spacial score (nSPS) is 19.2. The summed E-state index contributed by atoms with van der Waals surface area (Å²) in [6.45, 7) is 3.30. The Hall–Kier alpha value is -2.66. The van der Waals surface area contributed by atoms with Crippen LogP contribution in [0.25, 0.3) is 0 Å². The maximum Gasteiger partial charge on any atom is 0.469 e. The van der Waals surface area contributed by atoms with Crippen molar-refractivity contribution in [3.8, 4) is 0 Å². The molecular weight excluding hydrogens is 723 g/mol. The molecule has 12 heteroatoms. The molecule has 5 atom stereocenters. The summed E-state index contributed by atoms with van der Waals surface area (Å²) in [5.41, 5.74) is 0. The van der Waals surface area contributed by atoms with Crippen LogP contribution in [0.4, 0.5) is 0 Å². The van der Waals surface area contributed by atoms with Crippen molar-refractivity contribution >= 4 is 25.5 Å². The highest BCUT2D eigenvalue weighted by molar-refractivity contribution is 7.46. The minimum atomic E-state index is -4.83. The van der Waals surface area contributed by atoms with E-state index >= 15 is 0 Å². The number of aliphatic hydroxyl groups is 2. The number of rotatable bonds is 33. The maximum absolute atomic E-state index is 12.5. The quantitative estimate of drug-likeness (QED) is 0.0216. The van der Waals surface area contributed by atoms with Crippen LogP contribution in [0.5, 0.6) is 0 Å². The first kappa shape index (κ1) is 50.4. The van der Waals surface area contributed by atoms with E-state index in [1.165, 1.54) is 19.3 Å². The molecular formula is C43H71O11P. The fraction of sp³-hybridized carbons (Fsp3) is 0.698. The molecule has 0 saturated heterocycles. The van der Waals surface area contributed by atoms with Crippen molar-refractivity contribution in [3.63, 3.8) is 0 Å². The standard InChI is InChI=1S/C43H71O11P/c1-3-5-7-8-9-10-11-12-13-14-15-16-17-18-19-20-26-30-43(48)54-37(35-53-55(49,50)51)34-52-42(47)29-25-22-21-24-28-38-39(41(46)33-40(38)45)32-31-36(44)27-23-6-4-2/h9-10,12-13,15-16,18-19,31-32,36-39,41,44,46H,3-8,11,14,17,20-30,33-35H2,1-2H3,(H2,49,50,51)/b10-9-,13-12-,16-15-,19-18-,32-31+/t36-,37+,38+,39+,41+/m0/s1. The van der Waals surface area contributed by atoms with Crippen LogP contribution in [-0.4, -0.2) is 69.2 Å². The molecule has 1 aliphatic rings. The van der Waals surface area contributed by atoms with Crippen LogP contribution in [0, 0.1) is 11.8 Å². The average Bonchev–Trinajstić information content (AvgIpc) is 3.41. The Bertz CT molecular complexity index is 1230. The maximum atomic E-state index is 12.5. The first-order valence-corrected chi connectivity index (χ1v) is 22.2. The van der Waals surface area contributed by atoms with Crippen LogP contribution < -0.4 is 0 Å². The van der Waals surface area contributed by atoms with Gasteiger partial charge in [-0.25, -0.2) is 4.57 Å². The molecule has 4 N–H and O–H groups in total. The van der Waals surface area contributed by atoms with Crippen molar-refractivity contribution in [2.24, 2.45) is 11.8 Å². The van der Waals surface area contributed by atoms with E-state index in [1.807, 2.05) is 12.2 Å². The second-order valence-electron chi connectivity index (χ2n) is 14.4. The van der Waals surface area contributed by atoms with Gasteiger partial charge in [-0.1, -0.05) is 126 Å². The minimum absolute atomic E-state index is 0.0377. The molecule has 0 bridgehead atoms. The van der Waals surface area contributed by atoms with Crippen LogP contribution in [0.1, 0.15) is 149 Å². The zero-order valence-electron chi connectivity index (χ0n) is 33.5. The van der Waals surface area contributed by atoms with Crippen LogP contribution in [0.15, 0.2) is 60.8 Å². The molecule has 0 aromatic rings. The Kier molecular flexibility index (Phi) is 29.7. The highest BCUT2D eigenvalue weighted by Gasteiger charge is 2.39. The number of aliphatic hydroxyl groups excluding tert-OH is 2. The summed E-state index contributed by atoms with van der Waals surface area (Å²) in [4.78, 5) is 55.5. The van der Waals surface area contributed by atoms with E-state index in [1.54, 1.807) is 12.2 Å². The molecule has 0 aromatic carbocycles. The third-order valence-corrected chi connectivity index (χ3v) is 9.89. The predicted octanol–water partition coefficient (Wildman–Crippen LogP) is 9.10. The monoisotopic (exact) mass is 794 g/mol. The zero-order valence-corrected chi connectivity index (χ0v) is 34.4. The minimum Gasteiger partial charge on any atom is -0.462 e. The summed E-state index contributed by atoms with van der Waals surface area (Å²) in [6.07, 6.45) is 34.2. The van der Waals surface area contributed by atoms with E-state index in [2.05, 4.69) is 54.8 Å². The number of Topliss-reactive ketones (excluding diaryl/α,β-unsaturated/α-hetero) is 1. The Morgan fingerprint density at radius 2 is 1.35 bits per heavy atom. The molecule has 1 aliphatic carbocycles. The van der Waals surface area contributed by atoms with Gasteiger partial charge in [0.1, 0.15) is 12.4 Å². The number of ketones is 1. The lowest BCUT2D eigenvalue weighted by atomic mass is 9.88. The van der Waals surface area contributed by atoms with Crippen molar-refractivity contribution < 1.29 is 52.9 Å². The van der Waals surface area contributed by atoms with E-state index in [0.717, 1.165) is 57.8 Å². The van der Waals surface area contributed by atoms with Crippen LogP contribution in [-0.2, 0) is 32.9 Å². The fourth-order valence-electron chi connectivity index (χ4n) is 6.26. The second kappa shape index (κ2) is 32.4. The van der Waals surface area contributed by atoms with Gasteiger partial charge < -0.3 is 29.5 Å². The third kappa shape index (κ3) is 28.4. The summed E-state index contributed by atoms with van der Waals surface area (Å²) in [7, 11) is -4.83. The van der Waals surface area contributed by atoms with Crippen molar-refractivity contribution in [2.45, 2.75) is 167 Å². The molecule has 55 heavy (non-hydrogen) atoms. The highest BCUT2D eigenvalue weighted by atomic mass is 31.2. The van der Waals surface area contributed by atoms with E-state index in [9.17, 15) is 29.2 Å². The number of carbonyl (C=O) groups is 3. The van der Waals surface area contributed by atoms with Gasteiger partial charge in [-0.05, 0) is 64.2 Å². The summed E-state index contributed by atoms with van der Waals surface area (Å²) < 4.78 is 26.3. The summed E-state index contributed by atoms with van der Waals surface area (Å²) >= 11 is 0. The summed E-state index contributed by atoms with van der Waals surface area (Å²) in [6, 6.07) is 0. The number of carbonyl (C=O) groups excluding carboxylic acids is 3. The number of phosphoric ester groups is 1. The molecule has 1 rings (SSSR count). The van der Waals surface area contributed by atoms with E-state index in [4.69, 9.17) is 19.3 Å². The van der Waals surface area contributed by atoms with Gasteiger partial charge in [0, 0.05) is 31.1 Å². The van der Waals surface area contributed by atoms with Crippen molar-refractivity contribution in [1.29, 1.82) is 0 Å². The lowest BCUT2D eigenvalue weighted by molar-refractivity contribution is -0.161. The molecule has 11 nitrogen and oxygen atoms in total. The number of allylic oxidation sites excluding steroid dienone is 8. The summed E-state index contributed by atoms with van der Waals surface area (Å²) in [5.74, 6) is -1.66. The van der Waals surface area contributed by atoms with Gasteiger partial charge in [0.2, 0.25) is 0 Å². The van der Waals surface area contributed by atoms with Crippen LogP contribution >= 0.6 is 7.82 Å². The first-order valence-electron chi connectivity index (χ1n) is 20.7. The molecule has 0 radical (unpaired) electrons. The van der Waals surface area contributed by atoms with E-state index in [0.29, 0.717) is 38.5 Å². The number of esters is 2. The Balaban J connectivity index is 2.31. The number of phosphoric acid groups is 1. The molecule has 0 spiro atoms. The smallest absolute Gasteiger partial charge is 0.462 e. The summed E-state index contributed by atoms with van der Waals surface area (Å²) in [5, 5.41) is 20.6. The predicted molar refractivity (Wildman–Crippen MR) is 217 cm³/mol. The van der Waals surface area contributed by atoms with Crippen molar-refractivity contribution in [2.75, 3.05) is 13.2 Å². The molecule has 0 amide bonds. The van der Waals surface area contributed by atoms with Crippen LogP contribution in [0.2, 0.25) is 0 Å². The lowest BCUT2D eigenvalue weighted by Crippen LogP contribution is -2.29. The largest absolute Gasteiger partial charge is 0.469 e. The molecule has 0 heterocycles. The molecule has 1 saturated carbocycles. The van der Waals surface area contributed by atoms with Gasteiger partial charge in [-0.2, -0.15) is 0 Å². The Labute approximate surface area is 330 Å². The third-order valence-electron chi connectivity index (χ3n) is 9.40. The molecule has 0 aliphatic heterocycles. The zero-order chi connectivity index (χ0) is 40.6. The average molecular weight is 795 g/mol. The molecule has 1 fully saturated rings. The Morgan fingerprint density at radius 3 is 1.98 bits per heavy atom. The molecule has 0 unspecified atom stereocenters. The van der Waals surface area contributed by atoms with E-state index in [-0.39, 0.29) is 36.9 Å². The topological polar surface area (TPSA) is 177 Å². The number of unbranched alkanes of at least 4 members (excludes halogenated alkanes) is 9. The fourth-order valence-corrected chi connectivity index (χ4v) is 6.62. The number of hydrogen-bond acceptors (Lipinski definition) is 9. The van der Waals surface area contributed by atoms with Gasteiger partial charge in [0.05, 0.1) is 18.8 Å². The SMILES string of the molecule is CCCCC/C=C\C/C=C\C/C=C\C/C=C\CCCC(=O)O[C@H](COC(=O)CCCCCC[C@H]1C(=O)C[C@@H](O)[C@@H]1/C=C/[C@@H](O)CCCCC)COP(=O)(O)O. The van der Waals surface area contributed by atoms with Crippen molar-refractivity contribution in [3.05, 3.63) is 60.8 Å². The van der Waals surface area contributed by atoms with E-state index < -0.39 is 51.3 Å². The van der Waals surface area contributed by atoms with Crippen molar-refractivity contribution in [1.82, 2.24) is 0 Å². The second-order valence-corrected chi connectivity index (χ2v) is 15.6. The molecule has 0 aromatic heterocycles. The number of hydrogen-bond donors (Lipinski definition) is 4. The van der Waals surface area contributed by atoms with Gasteiger partial charge in [-0.3, -0.25) is 18.9 Å². The van der Waals surface area contributed by atoms with Gasteiger partial charge in [0.25, 0.3) is 0 Å². The molecule has 314 valence electrons. The number of ether oxygens (including phenoxy) is 2. The van der Waals surface area contributed by atoms with Crippen LogP contribution in [0.3, 0.4) is 0 Å². The first-order chi connectivity index (χ1) is 26.5.